The van der Waals surface area contributed by atoms with Crippen LogP contribution in [0.15, 0.2) is 36.4 Å². The maximum Gasteiger partial charge on any atom is 0.126 e. The van der Waals surface area contributed by atoms with E-state index in [4.69, 9.17) is 11.6 Å². The molecule has 0 bridgehead atoms. The molecule has 0 saturated heterocycles. The maximum absolute atomic E-state index is 13.5. The molecule has 0 heterocycles. The van der Waals surface area contributed by atoms with E-state index in [1.807, 2.05) is 31.3 Å². The summed E-state index contributed by atoms with van der Waals surface area (Å²) in [5, 5.41) is 6.85. The summed E-state index contributed by atoms with van der Waals surface area (Å²) in [4.78, 5) is 0. The lowest BCUT2D eigenvalue weighted by atomic mass is 10.1. The maximum atomic E-state index is 13.5. The van der Waals surface area contributed by atoms with Crippen LogP contribution in [0.5, 0.6) is 0 Å². The molecule has 2 nitrogen and oxygen atoms in total. The lowest BCUT2D eigenvalue weighted by molar-refractivity contribution is 0.616. The average Bonchev–Trinajstić information content (AvgIpc) is 2.42. The first-order valence-corrected chi connectivity index (χ1v) is 6.44. The van der Waals surface area contributed by atoms with Gasteiger partial charge in [-0.3, -0.25) is 0 Å². The van der Waals surface area contributed by atoms with Gasteiger partial charge in [0.2, 0.25) is 0 Å². The highest BCUT2D eigenvalue weighted by Crippen LogP contribution is 2.22. The van der Waals surface area contributed by atoms with Crippen molar-refractivity contribution in [3.63, 3.8) is 0 Å². The predicted molar refractivity (Wildman–Crippen MR) is 79.5 cm³/mol. The van der Waals surface area contributed by atoms with Gasteiger partial charge in [-0.2, -0.15) is 0 Å². The van der Waals surface area contributed by atoms with E-state index in [0.717, 1.165) is 16.9 Å². The van der Waals surface area contributed by atoms with Crippen LogP contribution in [0.3, 0.4) is 0 Å². The second-order valence-corrected chi connectivity index (χ2v) is 4.78. The van der Waals surface area contributed by atoms with E-state index in [-0.39, 0.29) is 5.82 Å². The molecule has 0 saturated carbocycles. The van der Waals surface area contributed by atoms with Crippen molar-refractivity contribution in [2.75, 3.05) is 17.7 Å². The molecule has 0 aliphatic rings. The lowest BCUT2D eigenvalue weighted by Crippen LogP contribution is -2.01. The molecule has 100 valence electrons. The molecule has 0 atom stereocenters. The summed E-state index contributed by atoms with van der Waals surface area (Å²) < 4.78 is 13.5. The Bertz CT molecular complexity index is 567. The summed E-state index contributed by atoms with van der Waals surface area (Å²) in [5.74, 6) is -0.230. The van der Waals surface area contributed by atoms with Gasteiger partial charge in [-0.15, -0.1) is 0 Å². The highest BCUT2D eigenvalue weighted by atomic mass is 35.5. The van der Waals surface area contributed by atoms with Gasteiger partial charge >= 0.3 is 0 Å². The first kappa shape index (κ1) is 13.7. The SMILES string of the molecule is CNc1ccc(NCc2cc(F)c(C)cc2Cl)cc1. The Kier molecular flexibility index (Phi) is 4.27. The van der Waals surface area contributed by atoms with Crippen molar-refractivity contribution in [3.05, 3.63) is 58.4 Å². The Morgan fingerprint density at radius 3 is 2.37 bits per heavy atom. The fourth-order valence-electron chi connectivity index (χ4n) is 1.77. The number of benzene rings is 2. The van der Waals surface area contributed by atoms with Gasteiger partial charge in [-0.05, 0) is 54.4 Å². The Balaban J connectivity index is 2.07. The zero-order valence-electron chi connectivity index (χ0n) is 10.9. The molecule has 2 rings (SSSR count). The summed E-state index contributed by atoms with van der Waals surface area (Å²) >= 11 is 6.10. The highest BCUT2D eigenvalue weighted by molar-refractivity contribution is 6.31. The Labute approximate surface area is 117 Å². The molecule has 0 aliphatic carbocycles. The number of nitrogens with one attached hydrogen (secondary N) is 2. The van der Waals surface area contributed by atoms with Crippen molar-refractivity contribution in [1.82, 2.24) is 0 Å². The van der Waals surface area contributed by atoms with E-state index >= 15 is 0 Å². The van der Waals surface area contributed by atoms with E-state index in [0.29, 0.717) is 17.1 Å². The smallest absolute Gasteiger partial charge is 0.126 e. The molecule has 0 radical (unpaired) electrons. The molecule has 0 amide bonds. The number of aryl methyl sites for hydroxylation is 1. The van der Waals surface area contributed by atoms with Crippen LogP contribution >= 0.6 is 11.6 Å². The molecule has 0 aromatic heterocycles. The normalized spacial score (nSPS) is 10.3. The van der Waals surface area contributed by atoms with Crippen molar-refractivity contribution in [2.24, 2.45) is 0 Å². The quantitative estimate of drug-likeness (QED) is 0.864. The van der Waals surface area contributed by atoms with Crippen LogP contribution in [0.1, 0.15) is 11.1 Å². The van der Waals surface area contributed by atoms with E-state index < -0.39 is 0 Å². The molecule has 0 aliphatic heterocycles. The molecule has 0 spiro atoms. The zero-order valence-corrected chi connectivity index (χ0v) is 11.7. The Morgan fingerprint density at radius 2 is 1.74 bits per heavy atom. The fourth-order valence-corrected chi connectivity index (χ4v) is 2.06. The largest absolute Gasteiger partial charge is 0.388 e. The molecular weight excluding hydrogens is 263 g/mol. The Morgan fingerprint density at radius 1 is 1.11 bits per heavy atom. The average molecular weight is 279 g/mol. The van der Waals surface area contributed by atoms with Crippen molar-refractivity contribution < 1.29 is 4.39 Å². The van der Waals surface area contributed by atoms with Crippen LogP contribution in [0.4, 0.5) is 15.8 Å². The Hall–Kier alpha value is -1.74. The van der Waals surface area contributed by atoms with Gasteiger partial charge in [-0.1, -0.05) is 11.6 Å². The first-order chi connectivity index (χ1) is 9.10. The third kappa shape index (κ3) is 3.38. The standard InChI is InChI=1S/C15H16ClFN2/c1-10-7-14(16)11(8-15(10)17)9-19-13-5-3-12(18-2)4-6-13/h3-8,18-19H,9H2,1-2H3. The minimum absolute atomic E-state index is 0.230. The van der Waals surface area contributed by atoms with Crippen molar-refractivity contribution in [1.29, 1.82) is 0 Å². The van der Waals surface area contributed by atoms with Gasteiger partial charge in [0.25, 0.3) is 0 Å². The molecule has 2 aromatic carbocycles. The summed E-state index contributed by atoms with van der Waals surface area (Å²) in [7, 11) is 1.87. The van der Waals surface area contributed by atoms with Crippen molar-refractivity contribution in [3.8, 4) is 0 Å². The van der Waals surface area contributed by atoms with Crippen LogP contribution < -0.4 is 10.6 Å². The topological polar surface area (TPSA) is 24.1 Å². The summed E-state index contributed by atoms with van der Waals surface area (Å²) in [6, 6.07) is 11.0. The summed E-state index contributed by atoms with van der Waals surface area (Å²) in [6.45, 7) is 2.20. The van der Waals surface area contributed by atoms with Crippen LogP contribution in [-0.2, 0) is 6.54 Å². The minimum atomic E-state index is -0.230. The third-order valence-electron chi connectivity index (χ3n) is 2.98. The molecule has 4 heteroatoms. The zero-order chi connectivity index (χ0) is 13.8. The second-order valence-electron chi connectivity index (χ2n) is 4.37. The van der Waals surface area contributed by atoms with Gasteiger partial charge in [0.1, 0.15) is 5.82 Å². The monoisotopic (exact) mass is 278 g/mol. The first-order valence-electron chi connectivity index (χ1n) is 6.06. The third-order valence-corrected chi connectivity index (χ3v) is 3.34. The van der Waals surface area contributed by atoms with Crippen LogP contribution in [0.2, 0.25) is 5.02 Å². The van der Waals surface area contributed by atoms with E-state index in [9.17, 15) is 4.39 Å². The number of halogens is 2. The van der Waals surface area contributed by atoms with Crippen LogP contribution in [0.25, 0.3) is 0 Å². The van der Waals surface area contributed by atoms with Gasteiger partial charge in [-0.25, -0.2) is 4.39 Å². The molecule has 2 N–H and O–H groups in total. The number of hydrogen-bond acceptors (Lipinski definition) is 2. The molecular formula is C15H16ClFN2. The summed E-state index contributed by atoms with van der Waals surface area (Å²) in [6.07, 6.45) is 0. The van der Waals surface area contributed by atoms with Gasteiger partial charge in [0, 0.05) is 30.0 Å². The van der Waals surface area contributed by atoms with Gasteiger partial charge in [0.05, 0.1) is 0 Å². The number of anilines is 2. The number of rotatable bonds is 4. The van der Waals surface area contributed by atoms with E-state index in [2.05, 4.69) is 10.6 Å². The molecule has 19 heavy (non-hydrogen) atoms. The minimum Gasteiger partial charge on any atom is -0.388 e. The van der Waals surface area contributed by atoms with Crippen LogP contribution in [-0.4, -0.2) is 7.05 Å². The molecule has 2 aromatic rings. The number of hydrogen-bond donors (Lipinski definition) is 2. The second kappa shape index (κ2) is 5.93. The van der Waals surface area contributed by atoms with Gasteiger partial charge < -0.3 is 10.6 Å². The molecule has 0 unspecified atom stereocenters. The van der Waals surface area contributed by atoms with Crippen molar-refractivity contribution in [2.45, 2.75) is 13.5 Å². The fraction of sp³-hybridized carbons (Fsp3) is 0.200. The van der Waals surface area contributed by atoms with E-state index in [1.165, 1.54) is 6.07 Å². The van der Waals surface area contributed by atoms with E-state index in [1.54, 1.807) is 13.0 Å². The van der Waals surface area contributed by atoms with Gasteiger partial charge in [0.15, 0.2) is 0 Å². The lowest BCUT2D eigenvalue weighted by Gasteiger charge is -2.10. The molecule has 0 fully saturated rings. The predicted octanol–water partition coefficient (Wildman–Crippen LogP) is 4.44. The highest BCUT2D eigenvalue weighted by Gasteiger charge is 2.05. The van der Waals surface area contributed by atoms with Crippen molar-refractivity contribution >= 4 is 23.0 Å². The van der Waals surface area contributed by atoms with Crippen LogP contribution in [0, 0.1) is 12.7 Å². The summed E-state index contributed by atoms with van der Waals surface area (Å²) in [5.41, 5.74) is 3.33.